The fourth-order valence-corrected chi connectivity index (χ4v) is 1.82. The van der Waals surface area contributed by atoms with Crippen LogP contribution in [0.5, 0.6) is 5.75 Å². The van der Waals surface area contributed by atoms with Crippen molar-refractivity contribution in [1.29, 1.82) is 0 Å². The molecule has 0 saturated carbocycles. The maximum absolute atomic E-state index is 10.7. The highest BCUT2D eigenvalue weighted by Crippen LogP contribution is 2.20. The molecule has 0 unspecified atom stereocenters. The van der Waals surface area contributed by atoms with Crippen molar-refractivity contribution in [3.8, 4) is 5.75 Å². The standard InChI is InChI=1S/C13H16O2S/c1-10-6-7-12(13(15)9-10)5-3-4-8-16-11(2)14/h3,5-7,9,15H,4,8H2,1-2H3. The van der Waals surface area contributed by atoms with Crippen LogP contribution in [0, 0.1) is 6.92 Å². The van der Waals surface area contributed by atoms with Gasteiger partial charge in [0.25, 0.3) is 0 Å². The Morgan fingerprint density at radius 3 is 2.88 bits per heavy atom. The van der Waals surface area contributed by atoms with E-state index in [2.05, 4.69) is 0 Å². The van der Waals surface area contributed by atoms with E-state index in [1.165, 1.54) is 11.8 Å². The molecule has 1 N–H and O–H groups in total. The van der Waals surface area contributed by atoms with Gasteiger partial charge in [-0.05, 0) is 25.0 Å². The molecule has 0 aliphatic rings. The summed E-state index contributed by atoms with van der Waals surface area (Å²) in [6.07, 6.45) is 4.69. The molecule has 16 heavy (non-hydrogen) atoms. The number of phenols is 1. The molecule has 2 nitrogen and oxygen atoms in total. The molecular weight excluding hydrogens is 220 g/mol. The lowest BCUT2D eigenvalue weighted by Gasteiger charge is -2.00. The summed E-state index contributed by atoms with van der Waals surface area (Å²) in [7, 11) is 0. The third kappa shape index (κ3) is 4.53. The van der Waals surface area contributed by atoms with E-state index in [9.17, 15) is 9.90 Å². The molecule has 0 aliphatic carbocycles. The lowest BCUT2D eigenvalue weighted by Crippen LogP contribution is -1.83. The maximum atomic E-state index is 10.7. The Balaban J connectivity index is 2.47. The molecule has 0 bridgehead atoms. The normalized spacial score (nSPS) is 10.9. The van der Waals surface area contributed by atoms with E-state index in [0.717, 1.165) is 23.3 Å². The Morgan fingerprint density at radius 1 is 1.50 bits per heavy atom. The van der Waals surface area contributed by atoms with E-state index < -0.39 is 0 Å². The second kappa shape index (κ2) is 6.38. The molecule has 1 aromatic carbocycles. The zero-order valence-electron chi connectivity index (χ0n) is 9.56. The second-order valence-electron chi connectivity index (χ2n) is 3.59. The van der Waals surface area contributed by atoms with E-state index in [1.807, 2.05) is 31.2 Å². The van der Waals surface area contributed by atoms with Gasteiger partial charge in [0, 0.05) is 18.2 Å². The average Bonchev–Trinajstić information content (AvgIpc) is 2.20. The van der Waals surface area contributed by atoms with Gasteiger partial charge in [-0.1, -0.05) is 36.0 Å². The Labute approximate surface area is 100 Å². The molecule has 0 amide bonds. The molecule has 0 heterocycles. The van der Waals surface area contributed by atoms with Gasteiger partial charge < -0.3 is 5.11 Å². The summed E-state index contributed by atoms with van der Waals surface area (Å²) in [4.78, 5) is 10.7. The highest BCUT2D eigenvalue weighted by molar-refractivity contribution is 8.13. The predicted molar refractivity (Wildman–Crippen MR) is 69.6 cm³/mol. The summed E-state index contributed by atoms with van der Waals surface area (Å²) in [6.45, 7) is 3.51. The minimum atomic E-state index is 0.145. The third-order valence-electron chi connectivity index (χ3n) is 2.07. The van der Waals surface area contributed by atoms with Gasteiger partial charge in [-0.15, -0.1) is 0 Å². The first-order valence-corrected chi connectivity index (χ1v) is 6.17. The lowest BCUT2D eigenvalue weighted by molar-refractivity contribution is -0.109. The molecule has 86 valence electrons. The topological polar surface area (TPSA) is 37.3 Å². The van der Waals surface area contributed by atoms with Gasteiger partial charge in [-0.25, -0.2) is 0 Å². The molecule has 1 rings (SSSR count). The molecule has 0 aromatic heterocycles. The second-order valence-corrected chi connectivity index (χ2v) is 4.87. The summed E-state index contributed by atoms with van der Waals surface area (Å²) in [5, 5.41) is 9.77. The molecule has 0 saturated heterocycles. The average molecular weight is 236 g/mol. The monoisotopic (exact) mass is 236 g/mol. The van der Waals surface area contributed by atoms with Crippen molar-refractivity contribution in [3.05, 3.63) is 35.4 Å². The first-order valence-electron chi connectivity index (χ1n) is 5.19. The molecule has 0 fully saturated rings. The number of aryl methyl sites for hydroxylation is 1. The summed E-state index contributed by atoms with van der Waals surface area (Å²) in [5.41, 5.74) is 1.86. The number of hydrogen-bond donors (Lipinski definition) is 1. The van der Waals surface area contributed by atoms with Gasteiger partial charge in [0.2, 0.25) is 0 Å². The Hall–Kier alpha value is -1.22. The van der Waals surface area contributed by atoms with Crippen LogP contribution in [0.3, 0.4) is 0 Å². The van der Waals surface area contributed by atoms with Gasteiger partial charge >= 0.3 is 0 Å². The molecule has 0 atom stereocenters. The number of phenolic OH excluding ortho intramolecular Hbond substituents is 1. The lowest BCUT2D eigenvalue weighted by atomic mass is 10.1. The fourth-order valence-electron chi connectivity index (χ4n) is 1.28. The SMILES string of the molecule is CC(=O)SCCC=Cc1ccc(C)cc1O. The number of benzene rings is 1. The first-order chi connectivity index (χ1) is 7.59. The number of rotatable bonds is 4. The largest absolute Gasteiger partial charge is 0.507 e. The molecule has 3 heteroatoms. The van der Waals surface area contributed by atoms with Gasteiger partial charge in [-0.3, -0.25) is 4.79 Å². The Bertz CT molecular complexity index is 397. The fraction of sp³-hybridized carbons (Fsp3) is 0.308. The van der Waals surface area contributed by atoms with Crippen LogP contribution in [0.1, 0.15) is 24.5 Å². The number of carbonyl (C=O) groups excluding carboxylic acids is 1. The molecule has 1 aromatic rings. The summed E-state index contributed by atoms with van der Waals surface area (Å²) in [6, 6.07) is 5.59. The number of thioether (sulfide) groups is 1. The summed E-state index contributed by atoms with van der Waals surface area (Å²) in [5.74, 6) is 1.09. The Kier molecular flexibility index (Phi) is 5.12. The maximum Gasteiger partial charge on any atom is 0.185 e. The zero-order chi connectivity index (χ0) is 12.0. The van der Waals surface area contributed by atoms with Crippen molar-refractivity contribution < 1.29 is 9.90 Å². The molecule has 0 radical (unpaired) electrons. The zero-order valence-corrected chi connectivity index (χ0v) is 10.4. The summed E-state index contributed by atoms with van der Waals surface area (Å²) >= 11 is 1.32. The number of allylic oxidation sites excluding steroid dienone is 1. The number of carbonyl (C=O) groups is 1. The van der Waals surface area contributed by atoms with Gasteiger partial charge in [0.1, 0.15) is 5.75 Å². The van der Waals surface area contributed by atoms with Crippen molar-refractivity contribution in [2.24, 2.45) is 0 Å². The van der Waals surface area contributed by atoms with Crippen molar-refractivity contribution in [3.63, 3.8) is 0 Å². The quantitative estimate of drug-likeness (QED) is 0.814. The van der Waals surface area contributed by atoms with Crippen molar-refractivity contribution >= 4 is 23.0 Å². The first kappa shape index (κ1) is 12.8. The number of hydrogen-bond acceptors (Lipinski definition) is 3. The van der Waals surface area contributed by atoms with Crippen LogP contribution in [0.4, 0.5) is 0 Å². The van der Waals surface area contributed by atoms with Crippen LogP contribution in [-0.4, -0.2) is 16.0 Å². The molecular formula is C13H16O2S. The van der Waals surface area contributed by atoms with Crippen LogP contribution in [0.2, 0.25) is 0 Å². The number of aromatic hydroxyl groups is 1. The van der Waals surface area contributed by atoms with Crippen molar-refractivity contribution in [2.75, 3.05) is 5.75 Å². The van der Waals surface area contributed by atoms with E-state index in [-0.39, 0.29) is 5.12 Å². The van der Waals surface area contributed by atoms with E-state index in [1.54, 1.807) is 13.0 Å². The van der Waals surface area contributed by atoms with E-state index >= 15 is 0 Å². The van der Waals surface area contributed by atoms with Crippen molar-refractivity contribution in [2.45, 2.75) is 20.3 Å². The van der Waals surface area contributed by atoms with Gasteiger partial charge in [-0.2, -0.15) is 0 Å². The van der Waals surface area contributed by atoms with Gasteiger partial charge in [0.15, 0.2) is 5.12 Å². The molecule has 0 spiro atoms. The Morgan fingerprint density at radius 2 is 2.25 bits per heavy atom. The van der Waals surface area contributed by atoms with Crippen LogP contribution in [0.15, 0.2) is 24.3 Å². The highest BCUT2D eigenvalue weighted by atomic mass is 32.2. The minimum Gasteiger partial charge on any atom is -0.507 e. The highest BCUT2D eigenvalue weighted by Gasteiger charge is 1.96. The van der Waals surface area contributed by atoms with Crippen molar-refractivity contribution in [1.82, 2.24) is 0 Å². The third-order valence-corrected chi connectivity index (χ3v) is 2.92. The smallest absolute Gasteiger partial charge is 0.185 e. The van der Waals surface area contributed by atoms with E-state index in [4.69, 9.17) is 0 Å². The van der Waals surface area contributed by atoms with Crippen LogP contribution in [-0.2, 0) is 4.79 Å². The summed E-state index contributed by atoms with van der Waals surface area (Å²) < 4.78 is 0. The molecule has 0 aliphatic heterocycles. The van der Waals surface area contributed by atoms with Crippen LogP contribution >= 0.6 is 11.8 Å². The van der Waals surface area contributed by atoms with Gasteiger partial charge in [0.05, 0.1) is 0 Å². The predicted octanol–water partition coefficient (Wildman–Crippen LogP) is 3.38. The van der Waals surface area contributed by atoms with Crippen LogP contribution < -0.4 is 0 Å². The van der Waals surface area contributed by atoms with Crippen LogP contribution in [0.25, 0.3) is 6.08 Å². The minimum absolute atomic E-state index is 0.145. The van der Waals surface area contributed by atoms with E-state index in [0.29, 0.717) is 5.75 Å².